The average molecular weight is 454 g/mol. The van der Waals surface area contributed by atoms with Crippen LogP contribution in [0.1, 0.15) is 17.1 Å². The van der Waals surface area contributed by atoms with Gasteiger partial charge in [-0.2, -0.15) is 13.2 Å². The normalized spacial score (nSPS) is 11.7. The summed E-state index contributed by atoms with van der Waals surface area (Å²) in [5.41, 5.74) is 1.06. The van der Waals surface area contributed by atoms with Crippen molar-refractivity contribution in [1.82, 2.24) is 9.97 Å². The Morgan fingerprint density at radius 1 is 1.10 bits per heavy atom. The lowest BCUT2D eigenvalue weighted by Crippen LogP contribution is -2.06. The van der Waals surface area contributed by atoms with Gasteiger partial charge in [0.15, 0.2) is 0 Å². The SMILES string of the molecule is FC(F)(F)c1ccc(COc2ccc(CCNc3ncnc4scc(Cl)c34)cc2)o1. The van der Waals surface area contributed by atoms with Gasteiger partial charge in [-0.3, -0.25) is 0 Å². The van der Waals surface area contributed by atoms with Crippen molar-refractivity contribution in [2.45, 2.75) is 19.2 Å². The van der Waals surface area contributed by atoms with Gasteiger partial charge in [0.1, 0.15) is 35.1 Å². The summed E-state index contributed by atoms with van der Waals surface area (Å²) < 4.78 is 47.9. The maximum Gasteiger partial charge on any atom is 0.449 e. The van der Waals surface area contributed by atoms with Crippen LogP contribution in [0.2, 0.25) is 5.02 Å². The number of hydrogen-bond acceptors (Lipinski definition) is 6. The van der Waals surface area contributed by atoms with E-state index in [2.05, 4.69) is 15.3 Å². The molecule has 5 nitrogen and oxygen atoms in total. The molecule has 4 aromatic rings. The Morgan fingerprint density at radius 2 is 1.90 bits per heavy atom. The van der Waals surface area contributed by atoms with Gasteiger partial charge in [-0.1, -0.05) is 23.7 Å². The summed E-state index contributed by atoms with van der Waals surface area (Å²) in [5.74, 6) is 0.314. The third kappa shape index (κ3) is 4.68. The summed E-state index contributed by atoms with van der Waals surface area (Å²) in [4.78, 5) is 9.29. The smallest absolute Gasteiger partial charge is 0.449 e. The first-order valence-electron chi connectivity index (χ1n) is 8.89. The van der Waals surface area contributed by atoms with Crippen LogP contribution in [0.4, 0.5) is 19.0 Å². The fraction of sp³-hybridized carbons (Fsp3) is 0.200. The number of halogens is 4. The molecule has 0 bridgehead atoms. The molecule has 0 spiro atoms. The zero-order valence-electron chi connectivity index (χ0n) is 15.4. The molecule has 0 atom stereocenters. The molecule has 156 valence electrons. The van der Waals surface area contributed by atoms with Gasteiger partial charge in [0.2, 0.25) is 5.76 Å². The molecule has 0 fully saturated rings. The van der Waals surface area contributed by atoms with Crippen LogP contribution in [0.3, 0.4) is 0 Å². The number of nitrogens with zero attached hydrogens (tertiary/aromatic N) is 2. The monoisotopic (exact) mass is 453 g/mol. The molecule has 0 unspecified atom stereocenters. The van der Waals surface area contributed by atoms with Gasteiger partial charge in [-0.25, -0.2) is 9.97 Å². The van der Waals surface area contributed by atoms with Crippen molar-refractivity contribution in [1.29, 1.82) is 0 Å². The number of thiophene rings is 1. The molecule has 0 aliphatic carbocycles. The molecule has 30 heavy (non-hydrogen) atoms. The fourth-order valence-corrected chi connectivity index (χ4v) is 3.95. The number of furan rings is 1. The lowest BCUT2D eigenvalue weighted by molar-refractivity contribution is -0.153. The molecular formula is C20H15ClF3N3O2S. The Balaban J connectivity index is 1.29. The molecule has 4 rings (SSSR count). The van der Waals surface area contributed by atoms with Gasteiger partial charge in [0, 0.05) is 11.9 Å². The first kappa shape index (κ1) is 20.5. The summed E-state index contributed by atoms with van der Waals surface area (Å²) in [6.07, 6.45) is -2.26. The van der Waals surface area contributed by atoms with Crippen LogP contribution in [0.5, 0.6) is 5.75 Å². The third-order valence-corrected chi connectivity index (χ3v) is 5.59. The quantitative estimate of drug-likeness (QED) is 0.361. The van der Waals surface area contributed by atoms with Crippen LogP contribution in [-0.2, 0) is 19.2 Å². The summed E-state index contributed by atoms with van der Waals surface area (Å²) in [6.45, 7) is 0.563. The highest BCUT2D eigenvalue weighted by Crippen LogP contribution is 2.33. The Hall–Kier alpha value is -2.78. The molecule has 10 heteroatoms. The van der Waals surface area contributed by atoms with Gasteiger partial charge in [0.25, 0.3) is 0 Å². The first-order chi connectivity index (χ1) is 14.4. The molecule has 1 N–H and O–H groups in total. The molecule has 0 saturated heterocycles. The Bertz CT molecular complexity index is 1140. The number of alkyl halides is 3. The summed E-state index contributed by atoms with van der Waals surface area (Å²) in [6, 6.07) is 9.47. The number of aromatic nitrogens is 2. The topological polar surface area (TPSA) is 60.2 Å². The van der Waals surface area contributed by atoms with Crippen LogP contribution < -0.4 is 10.1 Å². The van der Waals surface area contributed by atoms with Crippen molar-refractivity contribution in [3.8, 4) is 5.75 Å². The van der Waals surface area contributed by atoms with E-state index in [0.29, 0.717) is 23.1 Å². The van der Waals surface area contributed by atoms with E-state index in [1.54, 1.807) is 12.1 Å². The van der Waals surface area contributed by atoms with Gasteiger partial charge in [-0.15, -0.1) is 11.3 Å². The predicted octanol–water partition coefficient (Wildman–Crippen LogP) is 6.19. The highest BCUT2D eigenvalue weighted by molar-refractivity contribution is 7.17. The lowest BCUT2D eigenvalue weighted by atomic mass is 10.1. The van der Waals surface area contributed by atoms with E-state index in [9.17, 15) is 13.2 Å². The van der Waals surface area contributed by atoms with Crippen molar-refractivity contribution in [2.24, 2.45) is 0 Å². The number of anilines is 1. The third-order valence-electron chi connectivity index (χ3n) is 4.28. The van der Waals surface area contributed by atoms with E-state index in [0.717, 1.165) is 28.3 Å². The molecule has 0 aliphatic heterocycles. The van der Waals surface area contributed by atoms with Gasteiger partial charge < -0.3 is 14.5 Å². The maximum absolute atomic E-state index is 12.5. The van der Waals surface area contributed by atoms with Gasteiger partial charge >= 0.3 is 6.18 Å². The molecular weight excluding hydrogens is 439 g/mol. The summed E-state index contributed by atoms with van der Waals surface area (Å²) >= 11 is 7.67. The minimum Gasteiger partial charge on any atom is -0.486 e. The number of fused-ring (bicyclic) bond motifs is 1. The summed E-state index contributed by atoms with van der Waals surface area (Å²) in [5, 5.41) is 6.55. The summed E-state index contributed by atoms with van der Waals surface area (Å²) in [7, 11) is 0. The van der Waals surface area contributed by atoms with E-state index in [1.807, 2.05) is 17.5 Å². The fourth-order valence-electron chi connectivity index (χ4n) is 2.81. The van der Waals surface area contributed by atoms with E-state index in [4.69, 9.17) is 20.8 Å². The number of rotatable bonds is 7. The van der Waals surface area contributed by atoms with Crippen molar-refractivity contribution in [3.63, 3.8) is 0 Å². The predicted molar refractivity (Wildman–Crippen MR) is 109 cm³/mol. The molecule has 0 amide bonds. The highest BCUT2D eigenvalue weighted by atomic mass is 35.5. The minimum atomic E-state index is -4.50. The second-order valence-electron chi connectivity index (χ2n) is 6.36. The van der Waals surface area contributed by atoms with Crippen molar-refractivity contribution < 1.29 is 22.3 Å². The molecule has 0 aliphatic rings. The highest BCUT2D eigenvalue weighted by Gasteiger charge is 2.34. The Kier molecular flexibility index (Phi) is 5.83. The van der Waals surface area contributed by atoms with E-state index >= 15 is 0 Å². The van der Waals surface area contributed by atoms with Crippen molar-refractivity contribution in [3.05, 3.63) is 70.2 Å². The van der Waals surface area contributed by atoms with Crippen LogP contribution in [-0.4, -0.2) is 16.5 Å². The van der Waals surface area contributed by atoms with E-state index in [-0.39, 0.29) is 12.4 Å². The first-order valence-corrected chi connectivity index (χ1v) is 10.1. The van der Waals surface area contributed by atoms with Gasteiger partial charge in [-0.05, 0) is 36.2 Å². The number of hydrogen-bond donors (Lipinski definition) is 1. The molecule has 3 aromatic heterocycles. The van der Waals surface area contributed by atoms with Crippen molar-refractivity contribution >= 4 is 39.0 Å². The molecule has 0 saturated carbocycles. The number of nitrogens with one attached hydrogen (secondary N) is 1. The van der Waals surface area contributed by atoms with Gasteiger partial charge in [0.05, 0.1) is 10.4 Å². The van der Waals surface area contributed by atoms with Crippen LogP contribution in [0.25, 0.3) is 10.2 Å². The second-order valence-corrected chi connectivity index (χ2v) is 7.62. The lowest BCUT2D eigenvalue weighted by Gasteiger charge is -2.08. The molecule has 1 aromatic carbocycles. The van der Waals surface area contributed by atoms with Crippen LogP contribution in [0, 0.1) is 0 Å². The number of ether oxygens (including phenoxy) is 1. The molecule has 3 heterocycles. The second kappa shape index (κ2) is 8.53. The van der Waals surface area contributed by atoms with E-state index < -0.39 is 11.9 Å². The van der Waals surface area contributed by atoms with Crippen LogP contribution in [0.15, 0.2) is 52.5 Å². The maximum atomic E-state index is 12.5. The molecule has 0 radical (unpaired) electrons. The Morgan fingerprint density at radius 3 is 2.63 bits per heavy atom. The zero-order valence-corrected chi connectivity index (χ0v) is 16.9. The standard InChI is InChI=1S/C20H15ClF3N3O2S/c21-15-10-30-19-17(15)18(26-11-27-19)25-8-7-12-1-3-13(4-2-12)28-9-14-5-6-16(29-14)20(22,23)24/h1-6,10-11H,7-9H2,(H,25,26,27). The van der Waals surface area contributed by atoms with Crippen LogP contribution >= 0.6 is 22.9 Å². The Labute approximate surface area is 178 Å². The average Bonchev–Trinajstić information content (AvgIpc) is 3.35. The largest absolute Gasteiger partial charge is 0.486 e. The van der Waals surface area contributed by atoms with Crippen molar-refractivity contribution in [2.75, 3.05) is 11.9 Å². The van der Waals surface area contributed by atoms with E-state index in [1.165, 1.54) is 23.7 Å². The minimum absolute atomic E-state index is 0.0813. The zero-order chi connectivity index (χ0) is 21.1. The number of benzene rings is 1.